The number of aromatic nitrogens is 1. The van der Waals surface area contributed by atoms with Crippen LogP contribution in [0.15, 0.2) is 36.5 Å². The van der Waals surface area contributed by atoms with Gasteiger partial charge in [-0.25, -0.2) is 9.78 Å². The molecule has 0 bridgehead atoms. The lowest BCUT2D eigenvalue weighted by Crippen LogP contribution is -2.51. The van der Waals surface area contributed by atoms with Crippen molar-refractivity contribution in [1.82, 2.24) is 25.0 Å². The van der Waals surface area contributed by atoms with Crippen LogP contribution in [-0.4, -0.2) is 102 Å². The predicted octanol–water partition coefficient (Wildman–Crippen LogP) is 2.72. The number of benzene rings is 1. The van der Waals surface area contributed by atoms with E-state index in [1.165, 1.54) is 4.90 Å². The Morgan fingerprint density at radius 1 is 1.16 bits per heavy atom. The lowest BCUT2D eigenvalue weighted by molar-refractivity contribution is 0.0352. The first-order chi connectivity index (χ1) is 17.9. The monoisotopic (exact) mass is 525 g/mol. The summed E-state index contributed by atoms with van der Waals surface area (Å²) < 4.78 is 6.28. The minimum Gasteiger partial charge on any atom is -0.472 e. The van der Waals surface area contributed by atoms with Crippen LogP contribution in [0.25, 0.3) is 11.1 Å². The zero-order valence-corrected chi connectivity index (χ0v) is 23.3. The van der Waals surface area contributed by atoms with Gasteiger partial charge in [0.15, 0.2) is 0 Å². The molecule has 0 aliphatic carbocycles. The number of hydrogen-bond donors (Lipinski definition) is 2. The summed E-state index contributed by atoms with van der Waals surface area (Å²) in [4.78, 5) is 47.7. The van der Waals surface area contributed by atoms with Gasteiger partial charge in [-0.05, 0) is 44.5 Å². The standard InChI is InChI=1S/C28H39N5O5/c1-17(2)30-28(37)32(7)15-24-18(3)14-33(19(4)16-34)27(36)23-12-22(13-29-25(23)38-24)20-8-10-21(11-9-20)26(35)31(5)6/h8-13,17-19,24,34H,14-16H2,1-7H3,(H,30,37)/t18-,19+,24+/m0/s1. The summed E-state index contributed by atoms with van der Waals surface area (Å²) in [7, 11) is 5.10. The van der Waals surface area contributed by atoms with Gasteiger partial charge in [-0.1, -0.05) is 19.1 Å². The van der Waals surface area contributed by atoms with Crippen LogP contribution in [-0.2, 0) is 0 Å². The van der Waals surface area contributed by atoms with Crippen LogP contribution in [0.2, 0.25) is 0 Å². The highest BCUT2D eigenvalue weighted by Crippen LogP contribution is 2.30. The number of urea groups is 1. The van der Waals surface area contributed by atoms with Gasteiger partial charge in [0.05, 0.1) is 19.2 Å². The number of carbonyl (C=O) groups is 3. The zero-order chi connectivity index (χ0) is 28.1. The highest BCUT2D eigenvalue weighted by molar-refractivity contribution is 5.98. The summed E-state index contributed by atoms with van der Waals surface area (Å²) in [5, 5.41) is 12.8. The van der Waals surface area contributed by atoms with E-state index in [1.807, 2.05) is 32.9 Å². The number of aliphatic hydroxyl groups is 1. The molecule has 0 fully saturated rings. The molecule has 1 aromatic heterocycles. The van der Waals surface area contributed by atoms with Gasteiger partial charge in [-0.15, -0.1) is 0 Å². The molecule has 0 spiro atoms. The number of pyridine rings is 1. The number of likely N-dealkylation sites (N-methyl/N-ethyl adjacent to an activating group) is 1. The van der Waals surface area contributed by atoms with Gasteiger partial charge in [0.2, 0.25) is 5.88 Å². The Hall–Kier alpha value is -3.66. The molecule has 10 nitrogen and oxygen atoms in total. The van der Waals surface area contributed by atoms with Crippen molar-refractivity contribution in [2.24, 2.45) is 5.92 Å². The molecule has 3 rings (SSSR count). The molecule has 0 saturated carbocycles. The molecule has 38 heavy (non-hydrogen) atoms. The number of fused-ring (bicyclic) bond motifs is 1. The van der Waals surface area contributed by atoms with E-state index in [2.05, 4.69) is 10.3 Å². The van der Waals surface area contributed by atoms with Gasteiger partial charge < -0.3 is 29.9 Å². The Morgan fingerprint density at radius 2 is 1.82 bits per heavy atom. The number of nitrogens with one attached hydrogen (secondary N) is 1. The fraction of sp³-hybridized carbons (Fsp3) is 0.500. The topological polar surface area (TPSA) is 115 Å². The number of rotatable bonds is 7. The van der Waals surface area contributed by atoms with Crippen LogP contribution >= 0.6 is 0 Å². The summed E-state index contributed by atoms with van der Waals surface area (Å²) in [6, 6.07) is 8.20. The molecule has 1 aromatic carbocycles. The van der Waals surface area contributed by atoms with Gasteiger partial charge in [0, 0.05) is 57.0 Å². The number of aliphatic hydroxyl groups excluding tert-OH is 1. The quantitative estimate of drug-likeness (QED) is 0.575. The summed E-state index contributed by atoms with van der Waals surface area (Å²) in [6.45, 7) is 7.98. The molecule has 0 unspecified atom stereocenters. The van der Waals surface area contributed by atoms with Crippen molar-refractivity contribution < 1.29 is 24.2 Å². The van der Waals surface area contributed by atoms with Crippen LogP contribution in [0.1, 0.15) is 48.4 Å². The van der Waals surface area contributed by atoms with Crippen LogP contribution < -0.4 is 10.1 Å². The molecule has 1 aliphatic rings. The first-order valence-electron chi connectivity index (χ1n) is 12.8. The van der Waals surface area contributed by atoms with Crippen molar-refractivity contribution in [2.75, 3.05) is 40.8 Å². The van der Waals surface area contributed by atoms with Gasteiger partial charge in [0.1, 0.15) is 11.7 Å². The van der Waals surface area contributed by atoms with Crippen molar-refractivity contribution >= 4 is 17.8 Å². The van der Waals surface area contributed by atoms with E-state index in [4.69, 9.17) is 4.74 Å². The van der Waals surface area contributed by atoms with Crippen molar-refractivity contribution in [3.63, 3.8) is 0 Å². The average Bonchev–Trinajstić information content (AvgIpc) is 2.89. The second-order valence-corrected chi connectivity index (χ2v) is 10.5. The Morgan fingerprint density at radius 3 is 2.39 bits per heavy atom. The SMILES string of the molecule is CC(C)NC(=O)N(C)C[C@H]1Oc2ncc(-c3ccc(C(=O)N(C)C)cc3)cc2C(=O)N([C@H](C)CO)C[C@@H]1C. The Balaban J connectivity index is 1.98. The third-order valence-corrected chi connectivity index (χ3v) is 6.61. The highest BCUT2D eigenvalue weighted by Gasteiger charge is 2.35. The normalized spacial score (nSPS) is 18.1. The summed E-state index contributed by atoms with van der Waals surface area (Å²) >= 11 is 0. The highest BCUT2D eigenvalue weighted by atomic mass is 16.5. The van der Waals surface area contributed by atoms with Crippen molar-refractivity contribution in [3.8, 4) is 17.0 Å². The van der Waals surface area contributed by atoms with Crippen LogP contribution in [0, 0.1) is 5.92 Å². The smallest absolute Gasteiger partial charge is 0.317 e. The molecule has 0 radical (unpaired) electrons. The maximum atomic E-state index is 13.7. The molecule has 2 heterocycles. The minimum absolute atomic E-state index is 0.00461. The van der Waals surface area contributed by atoms with E-state index in [0.29, 0.717) is 24.2 Å². The second kappa shape index (κ2) is 12.3. The summed E-state index contributed by atoms with van der Waals surface area (Å²) in [6.07, 6.45) is 1.19. The average molecular weight is 526 g/mol. The fourth-order valence-electron chi connectivity index (χ4n) is 4.25. The Labute approximate surface area is 224 Å². The van der Waals surface area contributed by atoms with Crippen LogP contribution in [0.5, 0.6) is 5.88 Å². The molecule has 10 heteroatoms. The number of nitrogens with zero attached hydrogens (tertiary/aromatic N) is 4. The van der Waals surface area contributed by atoms with Gasteiger partial charge in [-0.3, -0.25) is 9.59 Å². The number of amides is 4. The number of ether oxygens (including phenoxy) is 1. The first kappa shape index (κ1) is 28.9. The van der Waals surface area contributed by atoms with Gasteiger partial charge in [0.25, 0.3) is 11.8 Å². The van der Waals surface area contributed by atoms with Crippen LogP contribution in [0.3, 0.4) is 0 Å². The largest absolute Gasteiger partial charge is 0.472 e. The van der Waals surface area contributed by atoms with E-state index >= 15 is 0 Å². The first-order valence-corrected chi connectivity index (χ1v) is 12.8. The number of hydrogen-bond acceptors (Lipinski definition) is 6. The Bertz CT molecular complexity index is 1150. The molecule has 0 saturated heterocycles. The molecular formula is C28H39N5O5. The van der Waals surface area contributed by atoms with Crippen LogP contribution in [0.4, 0.5) is 4.79 Å². The third kappa shape index (κ3) is 6.61. The van der Waals surface area contributed by atoms with E-state index < -0.39 is 12.1 Å². The predicted molar refractivity (Wildman–Crippen MR) is 145 cm³/mol. The number of carbonyl (C=O) groups excluding carboxylic acids is 3. The van der Waals surface area contributed by atoms with Gasteiger partial charge in [-0.2, -0.15) is 0 Å². The van der Waals surface area contributed by atoms with E-state index in [9.17, 15) is 19.5 Å². The summed E-state index contributed by atoms with van der Waals surface area (Å²) in [5.74, 6) is -0.343. The van der Waals surface area contributed by atoms with Crippen molar-refractivity contribution in [3.05, 3.63) is 47.7 Å². The Kier molecular flexibility index (Phi) is 9.32. The molecule has 3 atom stereocenters. The zero-order valence-electron chi connectivity index (χ0n) is 23.3. The molecule has 1 aliphatic heterocycles. The molecule has 2 N–H and O–H groups in total. The third-order valence-electron chi connectivity index (χ3n) is 6.61. The molecule has 4 amide bonds. The van der Waals surface area contributed by atoms with E-state index in [1.54, 1.807) is 62.3 Å². The van der Waals surface area contributed by atoms with E-state index in [0.717, 1.165) is 5.56 Å². The lowest BCUT2D eigenvalue weighted by atomic mass is 9.99. The summed E-state index contributed by atoms with van der Waals surface area (Å²) in [5.41, 5.74) is 2.33. The molecular weight excluding hydrogens is 486 g/mol. The van der Waals surface area contributed by atoms with Gasteiger partial charge >= 0.3 is 6.03 Å². The maximum Gasteiger partial charge on any atom is 0.317 e. The van der Waals surface area contributed by atoms with Crippen molar-refractivity contribution in [2.45, 2.75) is 45.9 Å². The molecule has 2 aromatic rings. The fourth-order valence-corrected chi connectivity index (χ4v) is 4.25. The second-order valence-electron chi connectivity index (χ2n) is 10.5. The van der Waals surface area contributed by atoms with E-state index in [-0.39, 0.29) is 47.9 Å². The van der Waals surface area contributed by atoms with Crippen molar-refractivity contribution in [1.29, 1.82) is 0 Å². The molecule has 206 valence electrons. The maximum absolute atomic E-state index is 13.7. The lowest BCUT2D eigenvalue weighted by Gasteiger charge is -2.37. The minimum atomic E-state index is -0.437.